The number of carbonyl (C=O) groups is 1. The Bertz CT molecular complexity index is 720. The van der Waals surface area contributed by atoms with E-state index < -0.39 is 15.6 Å². The molecule has 0 unspecified atom stereocenters. The van der Waals surface area contributed by atoms with Crippen molar-refractivity contribution in [3.05, 3.63) is 29.8 Å². The highest BCUT2D eigenvalue weighted by Crippen LogP contribution is 2.27. The Morgan fingerprint density at radius 1 is 1.32 bits per heavy atom. The molecule has 0 aromatic heterocycles. The molecule has 0 saturated carbocycles. The second kappa shape index (κ2) is 7.82. The molecule has 1 fully saturated rings. The lowest BCUT2D eigenvalue weighted by Gasteiger charge is -2.29. The van der Waals surface area contributed by atoms with Crippen molar-refractivity contribution in [2.75, 3.05) is 40.8 Å². The van der Waals surface area contributed by atoms with Crippen molar-refractivity contribution in [2.45, 2.75) is 29.8 Å². The maximum Gasteiger partial charge on any atom is 0.251 e. The Kier molecular flexibility index (Phi) is 6.21. The quantitative estimate of drug-likeness (QED) is 0.789. The van der Waals surface area contributed by atoms with Crippen molar-refractivity contribution >= 4 is 15.9 Å². The van der Waals surface area contributed by atoms with E-state index in [-0.39, 0.29) is 17.3 Å². The van der Waals surface area contributed by atoms with Crippen LogP contribution in [0.4, 0.5) is 0 Å². The minimum absolute atomic E-state index is 0.103. The van der Waals surface area contributed by atoms with Crippen molar-refractivity contribution in [3.8, 4) is 0 Å². The molecule has 7 nitrogen and oxygen atoms in total. The molecule has 2 N–H and O–H groups in total. The van der Waals surface area contributed by atoms with Gasteiger partial charge in [-0.2, -0.15) is 4.31 Å². The Labute approximate surface area is 149 Å². The monoisotopic (exact) mass is 369 g/mol. The summed E-state index contributed by atoms with van der Waals surface area (Å²) in [4.78, 5) is 13.8. The molecule has 25 heavy (non-hydrogen) atoms. The Morgan fingerprint density at radius 3 is 2.68 bits per heavy atom. The Hall–Kier alpha value is -1.48. The minimum Gasteiger partial charge on any atom is -0.389 e. The van der Waals surface area contributed by atoms with E-state index in [9.17, 15) is 18.3 Å². The number of rotatable bonds is 5. The van der Waals surface area contributed by atoms with Gasteiger partial charge in [0.05, 0.1) is 10.5 Å². The molecule has 140 valence electrons. The summed E-state index contributed by atoms with van der Waals surface area (Å²) in [5.74, 6) is -0.326. The van der Waals surface area contributed by atoms with Gasteiger partial charge in [-0.3, -0.25) is 4.79 Å². The van der Waals surface area contributed by atoms with Gasteiger partial charge in [0.25, 0.3) is 5.91 Å². The number of likely N-dealkylation sites (N-methyl/N-ethyl adjacent to an activating group) is 1. The van der Waals surface area contributed by atoms with Crippen molar-refractivity contribution in [2.24, 2.45) is 0 Å². The highest BCUT2D eigenvalue weighted by atomic mass is 32.2. The fraction of sp³-hybridized carbons (Fsp3) is 0.588. The van der Waals surface area contributed by atoms with Crippen LogP contribution in [-0.2, 0) is 10.0 Å². The summed E-state index contributed by atoms with van der Waals surface area (Å²) in [5.41, 5.74) is -0.569. The number of aliphatic hydroxyl groups is 1. The van der Waals surface area contributed by atoms with E-state index in [4.69, 9.17) is 0 Å². The van der Waals surface area contributed by atoms with Crippen LogP contribution in [0.15, 0.2) is 29.2 Å². The summed E-state index contributed by atoms with van der Waals surface area (Å²) in [5, 5.41) is 13.2. The molecule has 1 aliphatic rings. The molecule has 1 atom stereocenters. The van der Waals surface area contributed by atoms with Crippen LogP contribution in [0.1, 0.15) is 29.6 Å². The first-order valence-electron chi connectivity index (χ1n) is 8.37. The van der Waals surface area contributed by atoms with Crippen LogP contribution < -0.4 is 5.32 Å². The summed E-state index contributed by atoms with van der Waals surface area (Å²) in [7, 11) is 1.59. The molecule has 2 rings (SSSR count). The number of amides is 1. The van der Waals surface area contributed by atoms with E-state index >= 15 is 0 Å². The first kappa shape index (κ1) is 19.8. The average Bonchev–Trinajstić information content (AvgIpc) is 2.75. The number of nitrogens with zero attached hydrogens (tertiary/aromatic N) is 2. The van der Waals surface area contributed by atoms with E-state index in [2.05, 4.69) is 5.32 Å². The molecule has 8 heteroatoms. The molecule has 1 aromatic carbocycles. The molecule has 0 aliphatic carbocycles. The first-order chi connectivity index (χ1) is 11.7. The number of sulfonamides is 1. The zero-order chi connectivity index (χ0) is 18.7. The maximum absolute atomic E-state index is 12.9. The summed E-state index contributed by atoms with van der Waals surface area (Å²) in [6, 6.07) is 6.04. The van der Waals surface area contributed by atoms with Crippen LogP contribution in [0.5, 0.6) is 0 Å². The molecule has 0 spiro atoms. The fourth-order valence-corrected chi connectivity index (χ4v) is 4.76. The molecule has 0 bridgehead atoms. The number of carbonyl (C=O) groups excluding carboxylic acids is 1. The zero-order valence-corrected chi connectivity index (χ0v) is 15.8. The molecule has 1 amide bonds. The minimum atomic E-state index is -3.70. The Balaban J connectivity index is 2.21. The predicted octanol–water partition coefficient (Wildman–Crippen LogP) is 0.514. The zero-order valence-electron chi connectivity index (χ0n) is 15.0. The van der Waals surface area contributed by atoms with Crippen LogP contribution in [0, 0.1) is 0 Å². The first-order valence-corrected chi connectivity index (χ1v) is 9.81. The lowest BCUT2D eigenvalue weighted by Crippen LogP contribution is -2.41. The highest BCUT2D eigenvalue weighted by Gasteiger charge is 2.34. The van der Waals surface area contributed by atoms with Gasteiger partial charge in [0, 0.05) is 32.2 Å². The third-order valence-electron chi connectivity index (χ3n) is 4.45. The van der Waals surface area contributed by atoms with E-state index in [1.54, 1.807) is 12.1 Å². The van der Waals surface area contributed by atoms with Crippen LogP contribution in [0.3, 0.4) is 0 Å². The lowest BCUT2D eigenvalue weighted by atomic mass is 9.94. The fourth-order valence-electron chi connectivity index (χ4n) is 3.23. The second-order valence-electron chi connectivity index (χ2n) is 6.83. The number of benzene rings is 1. The third-order valence-corrected chi connectivity index (χ3v) is 6.34. The lowest BCUT2D eigenvalue weighted by molar-refractivity contribution is 0.00405. The van der Waals surface area contributed by atoms with Gasteiger partial charge in [-0.15, -0.1) is 0 Å². The van der Waals surface area contributed by atoms with Crippen LogP contribution >= 0.6 is 0 Å². The summed E-state index contributed by atoms with van der Waals surface area (Å²) < 4.78 is 27.3. The van der Waals surface area contributed by atoms with Crippen molar-refractivity contribution < 1.29 is 18.3 Å². The molecule has 1 saturated heterocycles. The van der Waals surface area contributed by atoms with Gasteiger partial charge in [0.1, 0.15) is 0 Å². The molecule has 0 radical (unpaired) electrons. The maximum atomic E-state index is 12.9. The van der Waals surface area contributed by atoms with E-state index in [1.165, 1.54) is 23.5 Å². The smallest absolute Gasteiger partial charge is 0.251 e. The highest BCUT2D eigenvalue weighted by molar-refractivity contribution is 7.89. The van der Waals surface area contributed by atoms with Gasteiger partial charge < -0.3 is 15.3 Å². The van der Waals surface area contributed by atoms with Crippen LogP contribution in [0.2, 0.25) is 0 Å². The molecule has 1 aliphatic heterocycles. The Morgan fingerprint density at radius 2 is 2.04 bits per heavy atom. The SMILES string of the molecule is CNC(=O)c1cccc(S(=O)(=O)N2CCC[C@@](O)(CN(C)C)CC2)c1. The predicted molar refractivity (Wildman–Crippen MR) is 95.9 cm³/mol. The number of hydrogen-bond donors (Lipinski definition) is 2. The standard InChI is InChI=1S/C17H27N3O4S/c1-18-16(21)14-6-4-7-15(12-14)25(23,24)20-10-5-8-17(22,9-11-20)13-19(2)3/h4,6-7,12,22H,5,8-11,13H2,1-3H3,(H,18,21)/t17-/m0/s1. The average molecular weight is 369 g/mol. The molecular weight excluding hydrogens is 342 g/mol. The number of hydrogen-bond acceptors (Lipinski definition) is 5. The van der Waals surface area contributed by atoms with Crippen molar-refractivity contribution in [3.63, 3.8) is 0 Å². The number of nitrogens with one attached hydrogen (secondary N) is 1. The van der Waals surface area contributed by atoms with E-state index in [1.807, 2.05) is 19.0 Å². The van der Waals surface area contributed by atoms with E-state index in [0.717, 1.165) is 0 Å². The summed E-state index contributed by atoms with van der Waals surface area (Å²) in [6.45, 7) is 1.13. The topological polar surface area (TPSA) is 90.0 Å². The van der Waals surface area contributed by atoms with Gasteiger partial charge in [0.2, 0.25) is 10.0 Å². The normalized spacial score (nSPS) is 22.6. The summed E-state index contributed by atoms with van der Waals surface area (Å²) in [6.07, 6.45) is 1.55. The van der Waals surface area contributed by atoms with Crippen molar-refractivity contribution in [1.82, 2.24) is 14.5 Å². The molecular formula is C17H27N3O4S. The second-order valence-corrected chi connectivity index (χ2v) is 8.76. The molecule has 1 aromatic rings. The third kappa shape index (κ3) is 4.78. The van der Waals surface area contributed by atoms with E-state index in [0.29, 0.717) is 37.9 Å². The van der Waals surface area contributed by atoms with Gasteiger partial charge in [-0.05, 0) is 51.6 Å². The van der Waals surface area contributed by atoms with Gasteiger partial charge in [-0.1, -0.05) is 6.07 Å². The van der Waals surface area contributed by atoms with Crippen LogP contribution in [0.25, 0.3) is 0 Å². The van der Waals surface area contributed by atoms with Crippen molar-refractivity contribution in [1.29, 1.82) is 0 Å². The van der Waals surface area contributed by atoms with Gasteiger partial charge in [-0.25, -0.2) is 8.42 Å². The molecule has 1 heterocycles. The van der Waals surface area contributed by atoms with Gasteiger partial charge in [0.15, 0.2) is 0 Å². The summed E-state index contributed by atoms with van der Waals surface area (Å²) >= 11 is 0. The van der Waals surface area contributed by atoms with Gasteiger partial charge >= 0.3 is 0 Å². The largest absolute Gasteiger partial charge is 0.389 e. The van der Waals surface area contributed by atoms with Crippen LogP contribution in [-0.4, -0.2) is 75.0 Å².